The third-order valence-corrected chi connectivity index (χ3v) is 6.86. The van der Waals surface area contributed by atoms with Gasteiger partial charge < -0.3 is 9.29 Å². The highest BCUT2D eigenvalue weighted by Gasteiger charge is 2.48. The molecular weight excluding hydrogens is 362 g/mol. The smallest absolute Gasteiger partial charge is 0.311 e. The van der Waals surface area contributed by atoms with E-state index in [1.807, 2.05) is 32.2 Å². The summed E-state index contributed by atoms with van der Waals surface area (Å²) in [6.45, 7) is 6.14. The predicted molar refractivity (Wildman–Crippen MR) is 84.9 cm³/mol. The predicted octanol–water partition coefficient (Wildman–Crippen LogP) is 2.95. The van der Waals surface area contributed by atoms with Gasteiger partial charge in [0.25, 0.3) is 0 Å². The van der Waals surface area contributed by atoms with E-state index < -0.39 is 16.9 Å². The molecule has 0 amide bonds. The van der Waals surface area contributed by atoms with Crippen molar-refractivity contribution in [3.8, 4) is 0 Å². The first kappa shape index (κ1) is 16.3. The van der Waals surface area contributed by atoms with E-state index in [9.17, 15) is 9.35 Å². The number of rotatable bonds is 5. The molecule has 1 fully saturated rings. The summed E-state index contributed by atoms with van der Waals surface area (Å²) in [4.78, 5) is 13.0. The van der Waals surface area contributed by atoms with Gasteiger partial charge >= 0.3 is 5.97 Å². The van der Waals surface area contributed by atoms with Gasteiger partial charge in [-0.3, -0.25) is 4.79 Å². The molecule has 1 aromatic heterocycles. The van der Waals surface area contributed by atoms with Crippen LogP contribution < -0.4 is 4.72 Å². The molecule has 2 unspecified atom stereocenters. The summed E-state index contributed by atoms with van der Waals surface area (Å²) >= 11 is 3.77. The van der Waals surface area contributed by atoms with Crippen molar-refractivity contribution in [3.05, 3.63) is 20.8 Å². The molecule has 7 heteroatoms. The Bertz CT molecular complexity index is 494. The molecule has 0 aromatic carbocycles. The molecule has 1 saturated heterocycles. The van der Waals surface area contributed by atoms with E-state index in [0.29, 0.717) is 13.0 Å². The Morgan fingerprint density at radius 2 is 2.35 bits per heavy atom. The number of esters is 1. The van der Waals surface area contributed by atoms with Crippen LogP contribution in [-0.2, 0) is 26.4 Å². The van der Waals surface area contributed by atoms with Crippen molar-refractivity contribution in [2.45, 2.75) is 38.0 Å². The molecule has 1 N–H and O–H groups in total. The molecule has 3 atom stereocenters. The zero-order chi connectivity index (χ0) is 14.9. The van der Waals surface area contributed by atoms with Crippen LogP contribution in [0.15, 0.2) is 15.9 Å². The van der Waals surface area contributed by atoms with Crippen molar-refractivity contribution in [2.75, 3.05) is 6.61 Å². The van der Waals surface area contributed by atoms with Gasteiger partial charge in [0.15, 0.2) is 0 Å². The fourth-order valence-electron chi connectivity index (χ4n) is 2.23. The second kappa shape index (κ2) is 6.36. The molecule has 20 heavy (non-hydrogen) atoms. The SMILES string of the molecule is CC(C)[S+]([O-])N[C@](C)(c1cc(Br)cs1)C1CCOC1=O. The number of nitrogens with one attached hydrogen (secondary N) is 1. The van der Waals surface area contributed by atoms with Crippen LogP contribution in [0.2, 0.25) is 0 Å². The lowest BCUT2D eigenvalue weighted by Crippen LogP contribution is -2.51. The lowest BCUT2D eigenvalue weighted by atomic mass is 9.84. The minimum absolute atomic E-state index is 0.0184. The molecule has 1 aromatic rings. The van der Waals surface area contributed by atoms with Crippen LogP contribution in [0.3, 0.4) is 0 Å². The van der Waals surface area contributed by atoms with Gasteiger partial charge in [-0.25, -0.2) is 0 Å². The highest BCUT2D eigenvalue weighted by Crippen LogP contribution is 2.40. The monoisotopic (exact) mass is 379 g/mol. The maximum absolute atomic E-state index is 12.2. The average molecular weight is 380 g/mol. The van der Waals surface area contributed by atoms with Gasteiger partial charge in [0, 0.05) is 26.1 Å². The number of carbonyl (C=O) groups is 1. The van der Waals surface area contributed by atoms with Crippen LogP contribution in [0, 0.1) is 5.92 Å². The second-order valence-electron chi connectivity index (χ2n) is 5.29. The van der Waals surface area contributed by atoms with Gasteiger partial charge in [-0.1, -0.05) is 0 Å². The molecular formula is C13H18BrNO3S2. The highest BCUT2D eigenvalue weighted by atomic mass is 79.9. The first-order valence-corrected chi connectivity index (χ1v) is 9.32. The van der Waals surface area contributed by atoms with E-state index >= 15 is 0 Å². The Labute approximate surface area is 134 Å². The second-order valence-corrected chi connectivity index (χ2v) is 8.86. The van der Waals surface area contributed by atoms with Crippen LogP contribution >= 0.6 is 27.3 Å². The summed E-state index contributed by atoms with van der Waals surface area (Å²) in [6.07, 6.45) is 0.646. The average Bonchev–Trinajstić information content (AvgIpc) is 2.98. The largest absolute Gasteiger partial charge is 0.598 e. The van der Waals surface area contributed by atoms with Crippen molar-refractivity contribution < 1.29 is 14.1 Å². The maximum atomic E-state index is 12.2. The third kappa shape index (κ3) is 3.22. The van der Waals surface area contributed by atoms with E-state index in [0.717, 1.165) is 9.35 Å². The highest BCUT2D eigenvalue weighted by molar-refractivity contribution is 9.10. The Kier molecular flexibility index (Phi) is 5.18. The fourth-order valence-corrected chi connectivity index (χ4v) is 4.80. The number of hydrogen-bond donors (Lipinski definition) is 1. The zero-order valence-corrected chi connectivity index (χ0v) is 14.9. The van der Waals surface area contributed by atoms with Crippen LogP contribution in [0.1, 0.15) is 32.1 Å². The van der Waals surface area contributed by atoms with Crippen molar-refractivity contribution in [1.82, 2.24) is 4.72 Å². The van der Waals surface area contributed by atoms with Gasteiger partial charge in [0.1, 0.15) is 10.8 Å². The fraction of sp³-hybridized carbons (Fsp3) is 0.615. The van der Waals surface area contributed by atoms with Crippen molar-refractivity contribution in [3.63, 3.8) is 0 Å². The molecule has 0 radical (unpaired) electrons. The van der Waals surface area contributed by atoms with Gasteiger partial charge in [0.05, 0.1) is 12.5 Å². The number of hydrogen-bond acceptors (Lipinski definition) is 5. The molecule has 1 aliphatic rings. The van der Waals surface area contributed by atoms with E-state index in [2.05, 4.69) is 20.7 Å². The summed E-state index contributed by atoms with van der Waals surface area (Å²) in [5.41, 5.74) is -0.667. The Morgan fingerprint density at radius 1 is 1.65 bits per heavy atom. The Balaban J connectivity index is 2.34. The number of cyclic esters (lactones) is 1. The van der Waals surface area contributed by atoms with E-state index in [-0.39, 0.29) is 17.1 Å². The van der Waals surface area contributed by atoms with Gasteiger partial charge in [-0.2, -0.15) is 0 Å². The lowest BCUT2D eigenvalue weighted by Gasteiger charge is -2.34. The number of carbonyl (C=O) groups excluding carboxylic acids is 1. The minimum atomic E-state index is -1.21. The van der Waals surface area contributed by atoms with Crippen molar-refractivity contribution in [2.24, 2.45) is 5.92 Å². The summed E-state index contributed by atoms with van der Waals surface area (Å²) in [5.74, 6) is -0.527. The van der Waals surface area contributed by atoms with Crippen LogP contribution in [0.25, 0.3) is 0 Å². The first-order valence-electron chi connectivity index (χ1n) is 6.44. The van der Waals surface area contributed by atoms with E-state index in [4.69, 9.17) is 4.74 Å². The van der Waals surface area contributed by atoms with Crippen molar-refractivity contribution in [1.29, 1.82) is 0 Å². The van der Waals surface area contributed by atoms with Crippen molar-refractivity contribution >= 4 is 44.6 Å². The number of thiophene rings is 1. The number of halogens is 1. The van der Waals surface area contributed by atoms with Gasteiger partial charge in [0.2, 0.25) is 0 Å². The standard InChI is InChI=1S/C13H18BrNO3S2/c1-8(2)20(17)15-13(3,10-4-5-18-12(10)16)11-6-9(14)7-19-11/h6-8,10,15H,4-5H2,1-3H3/t10?,13-,20?/m0/s1. The van der Waals surface area contributed by atoms with Gasteiger partial charge in [-0.15, -0.1) is 16.1 Å². The molecule has 2 heterocycles. The molecule has 2 rings (SSSR count). The summed E-state index contributed by atoms with van der Waals surface area (Å²) < 4.78 is 21.5. The summed E-state index contributed by atoms with van der Waals surface area (Å²) in [6, 6.07) is 1.97. The summed E-state index contributed by atoms with van der Waals surface area (Å²) in [5, 5.41) is 1.95. The molecule has 0 saturated carbocycles. The molecule has 1 aliphatic heterocycles. The summed E-state index contributed by atoms with van der Waals surface area (Å²) in [7, 11) is 0. The normalized spacial score (nSPS) is 23.7. The number of ether oxygens (including phenoxy) is 1. The lowest BCUT2D eigenvalue weighted by molar-refractivity contribution is -0.143. The third-order valence-electron chi connectivity index (χ3n) is 3.45. The minimum Gasteiger partial charge on any atom is -0.598 e. The van der Waals surface area contributed by atoms with E-state index in [1.165, 1.54) is 0 Å². The van der Waals surface area contributed by atoms with Crippen LogP contribution in [-0.4, -0.2) is 22.4 Å². The zero-order valence-electron chi connectivity index (χ0n) is 11.6. The maximum Gasteiger partial charge on any atom is 0.311 e. The topological polar surface area (TPSA) is 61.4 Å². The van der Waals surface area contributed by atoms with Gasteiger partial charge in [-0.05, 0) is 49.2 Å². The van der Waals surface area contributed by atoms with Crippen LogP contribution in [0.5, 0.6) is 0 Å². The molecule has 0 bridgehead atoms. The molecule has 0 spiro atoms. The molecule has 4 nitrogen and oxygen atoms in total. The first-order chi connectivity index (χ1) is 9.34. The molecule has 112 valence electrons. The quantitative estimate of drug-likeness (QED) is 0.630. The van der Waals surface area contributed by atoms with Crippen LogP contribution in [0.4, 0.5) is 0 Å². The van der Waals surface area contributed by atoms with E-state index in [1.54, 1.807) is 11.3 Å². The Hall–Kier alpha value is -0.0800. The Morgan fingerprint density at radius 3 is 2.80 bits per heavy atom. The molecule has 0 aliphatic carbocycles.